The van der Waals surface area contributed by atoms with Crippen molar-refractivity contribution in [2.75, 3.05) is 33.3 Å². The van der Waals surface area contributed by atoms with Gasteiger partial charge in [0, 0.05) is 44.8 Å². The van der Waals surface area contributed by atoms with Crippen LogP contribution in [0.5, 0.6) is 5.75 Å². The van der Waals surface area contributed by atoms with E-state index >= 15 is 0 Å². The fourth-order valence-electron chi connectivity index (χ4n) is 4.22. The zero-order valence-corrected chi connectivity index (χ0v) is 15.1. The van der Waals surface area contributed by atoms with Gasteiger partial charge in [-0.1, -0.05) is 12.1 Å². The Morgan fingerprint density at radius 1 is 1.12 bits per heavy atom. The standard InChI is InChI=1S/C20H28N4O/c1-25-20-6-4-5-17(11-20)12-23-14-18(13-22-9-2-3-10-22)15-24-19(16-23)7-8-21-24/h4-8,11,18H,2-3,9-10,12-16H2,1H3. The summed E-state index contributed by atoms with van der Waals surface area (Å²) in [4.78, 5) is 5.19. The quantitative estimate of drug-likeness (QED) is 0.838. The zero-order chi connectivity index (χ0) is 17.1. The number of hydrogen-bond acceptors (Lipinski definition) is 4. The Bertz CT molecular complexity index is 693. The fourth-order valence-corrected chi connectivity index (χ4v) is 4.22. The van der Waals surface area contributed by atoms with Crippen molar-refractivity contribution in [3.8, 4) is 5.75 Å². The van der Waals surface area contributed by atoms with Crippen LogP contribution >= 0.6 is 0 Å². The Labute approximate surface area is 150 Å². The molecule has 1 atom stereocenters. The predicted octanol–water partition coefficient (Wildman–Crippen LogP) is 2.62. The topological polar surface area (TPSA) is 33.5 Å². The van der Waals surface area contributed by atoms with Crippen LogP contribution in [-0.4, -0.2) is 52.9 Å². The maximum Gasteiger partial charge on any atom is 0.119 e. The molecule has 134 valence electrons. The summed E-state index contributed by atoms with van der Waals surface area (Å²) in [5.41, 5.74) is 2.64. The van der Waals surface area contributed by atoms with Gasteiger partial charge in [-0.25, -0.2) is 0 Å². The lowest BCUT2D eigenvalue weighted by Crippen LogP contribution is -2.35. The van der Waals surface area contributed by atoms with Crippen LogP contribution in [0.2, 0.25) is 0 Å². The Hall–Kier alpha value is -1.85. The van der Waals surface area contributed by atoms with E-state index in [4.69, 9.17) is 4.74 Å². The van der Waals surface area contributed by atoms with Gasteiger partial charge in [-0.05, 0) is 49.7 Å². The van der Waals surface area contributed by atoms with Gasteiger partial charge < -0.3 is 9.64 Å². The Balaban J connectivity index is 1.49. The van der Waals surface area contributed by atoms with Gasteiger partial charge in [0.2, 0.25) is 0 Å². The molecule has 1 unspecified atom stereocenters. The van der Waals surface area contributed by atoms with E-state index in [-0.39, 0.29) is 0 Å². The van der Waals surface area contributed by atoms with Crippen molar-refractivity contribution in [3.63, 3.8) is 0 Å². The highest BCUT2D eigenvalue weighted by atomic mass is 16.5. The minimum atomic E-state index is 0.629. The molecular weight excluding hydrogens is 312 g/mol. The summed E-state index contributed by atoms with van der Waals surface area (Å²) in [7, 11) is 1.73. The van der Waals surface area contributed by atoms with E-state index in [1.807, 2.05) is 12.3 Å². The molecule has 0 radical (unpaired) electrons. The largest absolute Gasteiger partial charge is 0.497 e. The number of fused-ring (bicyclic) bond motifs is 1. The van der Waals surface area contributed by atoms with E-state index in [9.17, 15) is 0 Å². The summed E-state index contributed by atoms with van der Waals surface area (Å²) in [6.07, 6.45) is 4.65. The Kier molecular flexibility index (Phi) is 5.04. The first-order valence-corrected chi connectivity index (χ1v) is 9.38. The molecule has 1 aromatic carbocycles. The number of rotatable bonds is 5. The number of aromatic nitrogens is 2. The Morgan fingerprint density at radius 2 is 2.00 bits per heavy atom. The molecule has 3 heterocycles. The Morgan fingerprint density at radius 3 is 2.84 bits per heavy atom. The molecule has 0 spiro atoms. The zero-order valence-electron chi connectivity index (χ0n) is 15.1. The van der Waals surface area contributed by atoms with Crippen molar-refractivity contribution >= 4 is 0 Å². The highest BCUT2D eigenvalue weighted by Gasteiger charge is 2.25. The van der Waals surface area contributed by atoms with Crippen molar-refractivity contribution in [2.45, 2.75) is 32.5 Å². The van der Waals surface area contributed by atoms with E-state index in [1.165, 1.54) is 43.7 Å². The molecule has 0 amide bonds. The second-order valence-electron chi connectivity index (χ2n) is 7.40. The molecule has 2 aliphatic heterocycles. The summed E-state index contributed by atoms with van der Waals surface area (Å²) in [5.74, 6) is 1.57. The third-order valence-electron chi connectivity index (χ3n) is 5.39. The number of likely N-dealkylation sites (tertiary alicyclic amines) is 1. The third-order valence-corrected chi connectivity index (χ3v) is 5.39. The van der Waals surface area contributed by atoms with Gasteiger partial charge in [0.05, 0.1) is 12.8 Å². The first kappa shape index (κ1) is 16.6. The second kappa shape index (κ2) is 7.58. The second-order valence-corrected chi connectivity index (χ2v) is 7.40. The average Bonchev–Trinajstić information content (AvgIpc) is 3.25. The lowest BCUT2D eigenvalue weighted by molar-refractivity contribution is 0.182. The molecule has 5 nitrogen and oxygen atoms in total. The lowest BCUT2D eigenvalue weighted by atomic mass is 10.1. The summed E-state index contributed by atoms with van der Waals surface area (Å²) in [6, 6.07) is 10.6. The van der Waals surface area contributed by atoms with Crippen LogP contribution < -0.4 is 4.74 Å². The van der Waals surface area contributed by atoms with E-state index in [0.717, 1.165) is 31.9 Å². The number of ether oxygens (including phenoxy) is 1. The smallest absolute Gasteiger partial charge is 0.119 e. The van der Waals surface area contributed by atoms with Gasteiger partial charge >= 0.3 is 0 Å². The molecule has 25 heavy (non-hydrogen) atoms. The summed E-state index contributed by atoms with van der Waals surface area (Å²) in [5, 5.41) is 4.56. The van der Waals surface area contributed by atoms with Crippen LogP contribution in [0.25, 0.3) is 0 Å². The average molecular weight is 340 g/mol. The maximum absolute atomic E-state index is 5.38. The summed E-state index contributed by atoms with van der Waals surface area (Å²) >= 11 is 0. The first-order valence-electron chi connectivity index (χ1n) is 9.38. The first-order chi connectivity index (χ1) is 12.3. The van der Waals surface area contributed by atoms with Crippen molar-refractivity contribution in [1.82, 2.24) is 19.6 Å². The monoisotopic (exact) mass is 340 g/mol. The number of nitrogens with zero attached hydrogens (tertiary/aromatic N) is 4. The van der Waals surface area contributed by atoms with Gasteiger partial charge in [0.1, 0.15) is 5.75 Å². The molecular formula is C20H28N4O. The van der Waals surface area contributed by atoms with Crippen LogP contribution in [0.3, 0.4) is 0 Å². The SMILES string of the molecule is COc1cccc(CN2Cc3ccnn3CC(CN3CCCC3)C2)c1. The van der Waals surface area contributed by atoms with E-state index in [2.05, 4.69) is 43.8 Å². The highest BCUT2D eigenvalue weighted by molar-refractivity contribution is 5.28. The van der Waals surface area contributed by atoms with Crippen molar-refractivity contribution < 1.29 is 4.74 Å². The minimum Gasteiger partial charge on any atom is -0.497 e. The van der Waals surface area contributed by atoms with E-state index in [0.29, 0.717) is 5.92 Å². The van der Waals surface area contributed by atoms with Crippen LogP contribution in [0.4, 0.5) is 0 Å². The van der Waals surface area contributed by atoms with E-state index < -0.39 is 0 Å². The van der Waals surface area contributed by atoms with Crippen LogP contribution in [0.15, 0.2) is 36.5 Å². The molecule has 4 rings (SSSR count). The number of methoxy groups -OCH3 is 1. The molecule has 0 N–H and O–H groups in total. The summed E-state index contributed by atoms with van der Waals surface area (Å²) in [6.45, 7) is 7.79. The van der Waals surface area contributed by atoms with E-state index in [1.54, 1.807) is 7.11 Å². The number of benzene rings is 1. The molecule has 0 saturated carbocycles. The normalized spacial score (nSPS) is 21.9. The lowest BCUT2D eigenvalue weighted by Gasteiger charge is -2.27. The van der Waals surface area contributed by atoms with Crippen LogP contribution in [-0.2, 0) is 19.6 Å². The summed E-state index contributed by atoms with van der Waals surface area (Å²) < 4.78 is 7.60. The highest BCUT2D eigenvalue weighted by Crippen LogP contribution is 2.22. The molecule has 0 aliphatic carbocycles. The van der Waals surface area contributed by atoms with Crippen LogP contribution in [0.1, 0.15) is 24.1 Å². The van der Waals surface area contributed by atoms with Gasteiger partial charge in [0.15, 0.2) is 0 Å². The van der Waals surface area contributed by atoms with Gasteiger partial charge in [0.25, 0.3) is 0 Å². The molecule has 2 aromatic rings. The predicted molar refractivity (Wildman–Crippen MR) is 98.5 cm³/mol. The fraction of sp³-hybridized carbons (Fsp3) is 0.550. The minimum absolute atomic E-state index is 0.629. The van der Waals surface area contributed by atoms with Crippen molar-refractivity contribution in [3.05, 3.63) is 47.8 Å². The van der Waals surface area contributed by atoms with Gasteiger partial charge in [-0.15, -0.1) is 0 Å². The molecule has 1 aromatic heterocycles. The third kappa shape index (κ3) is 4.05. The van der Waals surface area contributed by atoms with Crippen molar-refractivity contribution in [2.24, 2.45) is 5.92 Å². The molecule has 1 fully saturated rings. The molecule has 5 heteroatoms. The molecule has 0 bridgehead atoms. The molecule has 1 saturated heterocycles. The van der Waals surface area contributed by atoms with Crippen molar-refractivity contribution in [1.29, 1.82) is 0 Å². The van der Waals surface area contributed by atoms with Gasteiger partial charge in [-0.3, -0.25) is 9.58 Å². The van der Waals surface area contributed by atoms with Crippen LogP contribution in [0, 0.1) is 5.92 Å². The number of hydrogen-bond donors (Lipinski definition) is 0. The van der Waals surface area contributed by atoms with Gasteiger partial charge in [-0.2, -0.15) is 5.10 Å². The maximum atomic E-state index is 5.38. The molecule has 2 aliphatic rings.